The Kier molecular flexibility index (Phi) is 4.07. The van der Waals surface area contributed by atoms with Crippen LogP contribution in [0.3, 0.4) is 0 Å². The molecule has 0 bridgehead atoms. The summed E-state index contributed by atoms with van der Waals surface area (Å²) >= 11 is 0. The lowest BCUT2D eigenvalue weighted by atomic mass is 10.2. The third-order valence-corrected chi connectivity index (χ3v) is 2.27. The van der Waals surface area contributed by atoms with Crippen molar-refractivity contribution in [2.75, 3.05) is 13.7 Å². The van der Waals surface area contributed by atoms with Crippen LogP contribution in [-0.2, 0) is 0 Å². The van der Waals surface area contributed by atoms with Crippen molar-refractivity contribution in [3.05, 3.63) is 28.9 Å². The highest BCUT2D eigenvalue weighted by Gasteiger charge is 2.07. The molecule has 0 aliphatic heterocycles. The van der Waals surface area contributed by atoms with Crippen molar-refractivity contribution >= 4 is 0 Å². The van der Waals surface area contributed by atoms with Gasteiger partial charge < -0.3 is 9.47 Å². The second kappa shape index (κ2) is 5.94. The van der Waals surface area contributed by atoms with Gasteiger partial charge >= 0.3 is 11.7 Å². The van der Waals surface area contributed by atoms with Crippen molar-refractivity contribution in [3.8, 4) is 23.1 Å². The first-order chi connectivity index (χ1) is 9.22. The Morgan fingerprint density at radius 2 is 2.16 bits per heavy atom. The van der Waals surface area contributed by atoms with Crippen molar-refractivity contribution < 1.29 is 9.47 Å². The van der Waals surface area contributed by atoms with Gasteiger partial charge in [0.15, 0.2) is 0 Å². The highest BCUT2D eigenvalue weighted by atomic mass is 16.5. The molecule has 1 N–H and O–H groups in total. The van der Waals surface area contributed by atoms with Crippen LogP contribution < -0.4 is 15.2 Å². The smallest absolute Gasteiger partial charge is 0.351 e. The third-order valence-electron chi connectivity index (χ3n) is 2.27. The van der Waals surface area contributed by atoms with Gasteiger partial charge in [-0.25, -0.2) is 4.79 Å². The number of nitrogens with zero attached hydrogens (tertiary/aromatic N) is 3. The molecule has 0 saturated carbocycles. The lowest BCUT2D eigenvalue weighted by molar-refractivity contribution is 0.316. The van der Waals surface area contributed by atoms with Gasteiger partial charge in [-0.3, -0.25) is 9.97 Å². The topological polar surface area (TPSA) is 90.0 Å². The summed E-state index contributed by atoms with van der Waals surface area (Å²) in [6, 6.07) is 1.76. The molecule has 0 atom stereocenters. The predicted molar refractivity (Wildman–Crippen MR) is 68.2 cm³/mol. The summed E-state index contributed by atoms with van der Waals surface area (Å²) in [4.78, 5) is 25.6. The zero-order valence-electron chi connectivity index (χ0n) is 10.7. The molecule has 2 heterocycles. The van der Waals surface area contributed by atoms with E-state index in [1.54, 1.807) is 18.5 Å². The Morgan fingerprint density at radius 1 is 1.32 bits per heavy atom. The molecular weight excluding hydrogens is 248 g/mol. The molecular formula is C12H14N4O3. The number of hydrogen-bond donors (Lipinski definition) is 1. The van der Waals surface area contributed by atoms with E-state index in [-0.39, 0.29) is 6.01 Å². The van der Waals surface area contributed by atoms with E-state index in [1.165, 1.54) is 7.11 Å². The molecule has 0 radical (unpaired) electrons. The van der Waals surface area contributed by atoms with E-state index in [4.69, 9.17) is 9.47 Å². The average Bonchev–Trinajstić information content (AvgIpc) is 2.44. The fourth-order valence-electron chi connectivity index (χ4n) is 1.44. The molecule has 2 aromatic rings. The van der Waals surface area contributed by atoms with E-state index in [0.717, 1.165) is 6.42 Å². The molecule has 2 aromatic heterocycles. The first kappa shape index (κ1) is 13.0. The lowest BCUT2D eigenvalue weighted by Gasteiger charge is -2.06. The van der Waals surface area contributed by atoms with Gasteiger partial charge in [-0.1, -0.05) is 6.92 Å². The average molecular weight is 262 g/mol. The van der Waals surface area contributed by atoms with Crippen LogP contribution in [0.4, 0.5) is 0 Å². The maximum Gasteiger partial charge on any atom is 0.351 e. The molecule has 0 aliphatic rings. The molecule has 0 fully saturated rings. The highest BCUT2D eigenvalue weighted by molar-refractivity contribution is 5.55. The second-order valence-corrected chi connectivity index (χ2v) is 3.75. The van der Waals surface area contributed by atoms with Crippen LogP contribution >= 0.6 is 0 Å². The van der Waals surface area contributed by atoms with E-state index in [9.17, 15) is 4.79 Å². The molecule has 0 amide bonds. The summed E-state index contributed by atoms with van der Waals surface area (Å²) in [6.07, 6.45) is 4.09. The number of aromatic nitrogens is 4. The molecule has 100 valence electrons. The van der Waals surface area contributed by atoms with Gasteiger partial charge in [0.05, 0.1) is 19.9 Å². The van der Waals surface area contributed by atoms with Gasteiger partial charge in [0.25, 0.3) is 0 Å². The van der Waals surface area contributed by atoms with Crippen LogP contribution in [0.2, 0.25) is 0 Å². The van der Waals surface area contributed by atoms with Crippen LogP contribution in [-0.4, -0.2) is 33.7 Å². The number of pyridine rings is 1. The molecule has 7 nitrogen and oxygen atoms in total. The zero-order chi connectivity index (χ0) is 13.7. The van der Waals surface area contributed by atoms with Crippen molar-refractivity contribution in [2.45, 2.75) is 13.3 Å². The van der Waals surface area contributed by atoms with E-state index in [0.29, 0.717) is 23.7 Å². The monoisotopic (exact) mass is 262 g/mol. The number of hydrogen-bond acceptors (Lipinski definition) is 6. The number of methoxy groups -OCH3 is 1. The Labute approximate surface area is 109 Å². The first-order valence-electron chi connectivity index (χ1n) is 5.83. The lowest BCUT2D eigenvalue weighted by Crippen LogP contribution is -2.14. The minimum absolute atomic E-state index is 0.0126. The summed E-state index contributed by atoms with van der Waals surface area (Å²) < 4.78 is 10.3. The van der Waals surface area contributed by atoms with Gasteiger partial charge in [-0.05, 0) is 12.5 Å². The molecule has 0 unspecified atom stereocenters. The molecule has 2 rings (SSSR count). The maximum atomic E-state index is 11.4. The molecule has 19 heavy (non-hydrogen) atoms. The predicted octanol–water partition coefficient (Wildman–Crippen LogP) is 1.02. The van der Waals surface area contributed by atoms with Crippen LogP contribution in [0.15, 0.2) is 23.3 Å². The molecule has 0 saturated heterocycles. The van der Waals surface area contributed by atoms with E-state index >= 15 is 0 Å². The Morgan fingerprint density at radius 3 is 2.89 bits per heavy atom. The summed E-state index contributed by atoms with van der Waals surface area (Å²) in [5.74, 6) is 0.962. The molecule has 7 heteroatoms. The Balaban J connectivity index is 2.35. The minimum Gasteiger partial charge on any atom is -0.492 e. The number of nitrogens with one attached hydrogen (secondary N) is 1. The summed E-state index contributed by atoms with van der Waals surface area (Å²) in [6.45, 7) is 2.62. The highest BCUT2D eigenvalue weighted by Crippen LogP contribution is 2.19. The normalized spacial score (nSPS) is 10.2. The summed E-state index contributed by atoms with van der Waals surface area (Å²) in [5.41, 5.74) is 0.105. The Hall–Kier alpha value is -2.44. The van der Waals surface area contributed by atoms with Gasteiger partial charge in [0.1, 0.15) is 11.6 Å². The van der Waals surface area contributed by atoms with Crippen molar-refractivity contribution in [3.63, 3.8) is 0 Å². The second-order valence-electron chi connectivity index (χ2n) is 3.75. The van der Waals surface area contributed by atoms with Crippen LogP contribution in [0.1, 0.15) is 13.3 Å². The molecule has 0 aliphatic carbocycles. The van der Waals surface area contributed by atoms with Crippen LogP contribution in [0, 0.1) is 0 Å². The van der Waals surface area contributed by atoms with Crippen molar-refractivity contribution in [1.29, 1.82) is 0 Å². The van der Waals surface area contributed by atoms with E-state index in [1.807, 2.05) is 6.92 Å². The SMILES string of the molecule is CCCOc1cncc(-c2nc(OC)nc(=O)[nH]2)c1. The standard InChI is InChI=1S/C12H14N4O3/c1-3-4-19-9-5-8(6-13-7-9)10-14-11(17)16-12(15-10)18-2/h5-7H,3-4H2,1-2H3,(H,14,15,16,17). The van der Waals surface area contributed by atoms with E-state index < -0.39 is 5.69 Å². The summed E-state index contributed by atoms with van der Waals surface area (Å²) in [7, 11) is 1.40. The van der Waals surface area contributed by atoms with Crippen LogP contribution in [0.25, 0.3) is 11.4 Å². The van der Waals surface area contributed by atoms with Gasteiger partial charge in [0, 0.05) is 11.8 Å². The van der Waals surface area contributed by atoms with Gasteiger partial charge in [-0.2, -0.15) is 4.98 Å². The van der Waals surface area contributed by atoms with Crippen molar-refractivity contribution in [1.82, 2.24) is 19.9 Å². The van der Waals surface area contributed by atoms with E-state index in [2.05, 4.69) is 19.9 Å². The fraction of sp³-hybridized carbons (Fsp3) is 0.333. The summed E-state index contributed by atoms with van der Waals surface area (Å²) in [5, 5.41) is 0. The number of rotatable bonds is 5. The minimum atomic E-state index is -0.526. The van der Waals surface area contributed by atoms with Gasteiger partial charge in [0.2, 0.25) is 0 Å². The first-order valence-corrected chi connectivity index (χ1v) is 5.83. The number of ether oxygens (including phenoxy) is 2. The van der Waals surface area contributed by atoms with Gasteiger partial charge in [-0.15, -0.1) is 4.98 Å². The largest absolute Gasteiger partial charge is 0.492 e. The maximum absolute atomic E-state index is 11.4. The number of H-pyrrole nitrogens is 1. The molecule has 0 aromatic carbocycles. The quantitative estimate of drug-likeness (QED) is 0.865. The molecule has 0 spiro atoms. The van der Waals surface area contributed by atoms with Crippen LogP contribution in [0.5, 0.6) is 11.8 Å². The zero-order valence-corrected chi connectivity index (χ0v) is 10.7. The fourth-order valence-corrected chi connectivity index (χ4v) is 1.44. The third kappa shape index (κ3) is 3.27. The number of aromatic amines is 1. The van der Waals surface area contributed by atoms with Crippen molar-refractivity contribution in [2.24, 2.45) is 0 Å². The Bertz CT molecular complexity index is 612.